The summed E-state index contributed by atoms with van der Waals surface area (Å²) in [6, 6.07) is 5.21. The molecular formula is C18H19ClN4O4. The van der Waals surface area contributed by atoms with Crippen LogP contribution < -0.4 is 16.0 Å². The molecule has 0 aliphatic heterocycles. The molecule has 3 aromatic rings. The number of hydrogen-bond acceptors (Lipinski definition) is 5. The lowest BCUT2D eigenvalue weighted by Gasteiger charge is -2.08. The third-order valence-electron chi connectivity index (χ3n) is 4.31. The van der Waals surface area contributed by atoms with Gasteiger partial charge in [-0.25, -0.2) is 9.78 Å². The molecule has 2 heterocycles. The fourth-order valence-electron chi connectivity index (χ4n) is 2.82. The van der Waals surface area contributed by atoms with Crippen molar-refractivity contribution in [1.29, 1.82) is 0 Å². The van der Waals surface area contributed by atoms with E-state index in [1.165, 1.54) is 17.9 Å². The van der Waals surface area contributed by atoms with E-state index in [0.29, 0.717) is 34.9 Å². The Kier molecular flexibility index (Phi) is 5.18. The van der Waals surface area contributed by atoms with Gasteiger partial charge in [0.15, 0.2) is 11.2 Å². The van der Waals surface area contributed by atoms with Gasteiger partial charge >= 0.3 is 11.7 Å². The van der Waals surface area contributed by atoms with E-state index in [9.17, 15) is 14.4 Å². The number of rotatable bonds is 5. The fourth-order valence-corrected chi connectivity index (χ4v) is 2.98. The van der Waals surface area contributed by atoms with Crippen molar-refractivity contribution >= 4 is 28.7 Å². The van der Waals surface area contributed by atoms with Crippen LogP contribution in [-0.2, 0) is 25.4 Å². The number of aromatic nitrogens is 4. The molecule has 3 rings (SSSR count). The molecule has 8 nitrogen and oxygen atoms in total. The van der Waals surface area contributed by atoms with Gasteiger partial charge in [-0.1, -0.05) is 17.7 Å². The SMILES string of the molecule is Cc1ccc(Cl)c(OC(=O)CCCn2cnc3c2c(=O)n(C)c(=O)n3C)c1. The number of esters is 1. The number of carbonyl (C=O) groups excluding carboxylic acids is 1. The fraction of sp³-hybridized carbons (Fsp3) is 0.333. The lowest BCUT2D eigenvalue weighted by molar-refractivity contribution is -0.134. The minimum Gasteiger partial charge on any atom is -0.425 e. The number of benzene rings is 1. The van der Waals surface area contributed by atoms with E-state index in [2.05, 4.69) is 4.98 Å². The molecule has 0 atom stereocenters. The molecule has 0 aliphatic rings. The Balaban J connectivity index is 1.71. The number of hydrogen-bond donors (Lipinski definition) is 0. The largest absolute Gasteiger partial charge is 0.425 e. The molecule has 0 bridgehead atoms. The Morgan fingerprint density at radius 2 is 1.96 bits per heavy atom. The van der Waals surface area contributed by atoms with Gasteiger partial charge in [0.2, 0.25) is 0 Å². The van der Waals surface area contributed by atoms with Crippen LogP contribution in [0.5, 0.6) is 5.75 Å². The van der Waals surface area contributed by atoms with E-state index in [-0.39, 0.29) is 6.42 Å². The highest BCUT2D eigenvalue weighted by Crippen LogP contribution is 2.25. The quantitative estimate of drug-likeness (QED) is 0.489. The van der Waals surface area contributed by atoms with Gasteiger partial charge < -0.3 is 9.30 Å². The molecule has 0 saturated heterocycles. The van der Waals surface area contributed by atoms with Crippen LogP contribution in [-0.4, -0.2) is 24.7 Å². The van der Waals surface area contributed by atoms with Crippen LogP contribution in [0, 0.1) is 6.92 Å². The van der Waals surface area contributed by atoms with Gasteiger partial charge in [0.05, 0.1) is 11.3 Å². The van der Waals surface area contributed by atoms with Gasteiger partial charge in [-0.15, -0.1) is 0 Å². The van der Waals surface area contributed by atoms with Crippen LogP contribution in [0.25, 0.3) is 11.2 Å². The van der Waals surface area contributed by atoms with Crippen molar-refractivity contribution in [2.24, 2.45) is 14.1 Å². The molecule has 0 saturated carbocycles. The average Bonchev–Trinajstić information content (AvgIpc) is 3.05. The first-order chi connectivity index (χ1) is 12.8. The standard InChI is InChI=1S/C18H19ClN4O4/c1-11-6-7-12(19)13(9-11)27-14(24)5-4-8-23-10-20-16-15(23)17(25)22(3)18(26)21(16)2/h6-7,9-10H,4-5,8H2,1-3H3. The first kappa shape index (κ1) is 18.9. The van der Waals surface area contributed by atoms with E-state index >= 15 is 0 Å². The first-order valence-corrected chi connectivity index (χ1v) is 8.75. The lowest BCUT2D eigenvalue weighted by atomic mass is 10.2. The summed E-state index contributed by atoms with van der Waals surface area (Å²) in [6.45, 7) is 2.27. The van der Waals surface area contributed by atoms with Crippen LogP contribution in [0.15, 0.2) is 34.1 Å². The minimum absolute atomic E-state index is 0.149. The van der Waals surface area contributed by atoms with Crippen LogP contribution in [0.4, 0.5) is 0 Å². The summed E-state index contributed by atoms with van der Waals surface area (Å²) in [5, 5.41) is 0.374. The van der Waals surface area contributed by atoms with Crippen LogP contribution in [0.2, 0.25) is 5.02 Å². The second kappa shape index (κ2) is 7.40. The average molecular weight is 391 g/mol. The zero-order valence-electron chi connectivity index (χ0n) is 15.2. The normalized spacial score (nSPS) is 11.1. The summed E-state index contributed by atoms with van der Waals surface area (Å²) in [5.41, 5.74) is 0.733. The third-order valence-corrected chi connectivity index (χ3v) is 4.62. The zero-order valence-corrected chi connectivity index (χ0v) is 16.0. The van der Waals surface area contributed by atoms with Crippen molar-refractivity contribution in [2.75, 3.05) is 0 Å². The summed E-state index contributed by atoms with van der Waals surface area (Å²) in [6.07, 6.45) is 2.09. The van der Waals surface area contributed by atoms with E-state index in [1.54, 1.807) is 23.7 Å². The number of aryl methyl sites for hydroxylation is 3. The molecule has 2 aromatic heterocycles. The highest BCUT2D eigenvalue weighted by atomic mass is 35.5. The molecule has 1 aromatic carbocycles. The Labute approximate surface area is 159 Å². The predicted octanol–water partition coefficient (Wildman–Crippen LogP) is 1.78. The van der Waals surface area contributed by atoms with E-state index in [4.69, 9.17) is 16.3 Å². The Morgan fingerprint density at radius 1 is 1.22 bits per heavy atom. The predicted molar refractivity (Wildman–Crippen MR) is 101 cm³/mol. The molecule has 9 heteroatoms. The van der Waals surface area contributed by atoms with Gasteiger partial charge in [-0.2, -0.15) is 0 Å². The van der Waals surface area contributed by atoms with E-state index in [0.717, 1.165) is 10.1 Å². The van der Waals surface area contributed by atoms with Crippen molar-refractivity contribution in [1.82, 2.24) is 18.7 Å². The molecule has 0 spiro atoms. The zero-order chi connectivity index (χ0) is 19.7. The molecule has 0 N–H and O–H groups in total. The van der Waals surface area contributed by atoms with Gasteiger partial charge in [0.25, 0.3) is 5.56 Å². The highest BCUT2D eigenvalue weighted by Gasteiger charge is 2.15. The number of ether oxygens (including phenoxy) is 1. The molecule has 27 heavy (non-hydrogen) atoms. The van der Waals surface area contributed by atoms with Crippen molar-refractivity contribution < 1.29 is 9.53 Å². The summed E-state index contributed by atoms with van der Waals surface area (Å²) in [5.74, 6) is -0.0779. The summed E-state index contributed by atoms with van der Waals surface area (Å²) in [4.78, 5) is 40.5. The number of halogens is 1. The lowest BCUT2D eigenvalue weighted by Crippen LogP contribution is -2.37. The van der Waals surface area contributed by atoms with Crippen LogP contribution in [0.1, 0.15) is 18.4 Å². The topological polar surface area (TPSA) is 88.1 Å². The number of imidazole rings is 1. The van der Waals surface area contributed by atoms with Gasteiger partial charge in [-0.3, -0.25) is 18.7 Å². The molecule has 0 radical (unpaired) electrons. The van der Waals surface area contributed by atoms with E-state index in [1.807, 2.05) is 13.0 Å². The number of carbonyl (C=O) groups is 1. The number of fused-ring (bicyclic) bond motifs is 1. The maximum absolute atomic E-state index is 12.4. The Bertz CT molecular complexity index is 1140. The highest BCUT2D eigenvalue weighted by molar-refractivity contribution is 6.32. The van der Waals surface area contributed by atoms with Crippen molar-refractivity contribution in [3.8, 4) is 5.75 Å². The maximum atomic E-state index is 12.4. The second-order valence-electron chi connectivity index (χ2n) is 6.33. The van der Waals surface area contributed by atoms with Crippen molar-refractivity contribution in [3.05, 3.63) is 56.0 Å². The molecular weight excluding hydrogens is 372 g/mol. The molecule has 0 aliphatic carbocycles. The maximum Gasteiger partial charge on any atom is 0.332 e. The smallest absolute Gasteiger partial charge is 0.332 e. The monoisotopic (exact) mass is 390 g/mol. The van der Waals surface area contributed by atoms with Gasteiger partial charge in [-0.05, 0) is 31.0 Å². The van der Waals surface area contributed by atoms with Gasteiger partial charge in [0.1, 0.15) is 5.75 Å². The Hall–Kier alpha value is -2.87. The van der Waals surface area contributed by atoms with Crippen molar-refractivity contribution in [2.45, 2.75) is 26.3 Å². The Morgan fingerprint density at radius 3 is 2.70 bits per heavy atom. The van der Waals surface area contributed by atoms with Crippen LogP contribution in [0.3, 0.4) is 0 Å². The summed E-state index contributed by atoms with van der Waals surface area (Å²) in [7, 11) is 2.98. The third kappa shape index (κ3) is 3.66. The second-order valence-corrected chi connectivity index (χ2v) is 6.73. The van der Waals surface area contributed by atoms with Crippen molar-refractivity contribution in [3.63, 3.8) is 0 Å². The van der Waals surface area contributed by atoms with Crippen LogP contribution >= 0.6 is 11.6 Å². The summed E-state index contributed by atoms with van der Waals surface area (Å²) >= 11 is 6.03. The molecule has 0 fully saturated rings. The first-order valence-electron chi connectivity index (χ1n) is 8.37. The molecule has 0 amide bonds. The summed E-state index contributed by atoms with van der Waals surface area (Å²) < 4.78 is 9.30. The van der Waals surface area contributed by atoms with Gasteiger partial charge in [0, 0.05) is 27.1 Å². The number of nitrogens with zero attached hydrogens (tertiary/aromatic N) is 4. The molecule has 0 unspecified atom stereocenters. The van der Waals surface area contributed by atoms with E-state index < -0.39 is 17.2 Å². The molecule has 142 valence electrons. The minimum atomic E-state index is -0.434.